The summed E-state index contributed by atoms with van der Waals surface area (Å²) in [5, 5.41) is 4.83. The molecule has 8 aromatic carbocycles. The van der Waals surface area contributed by atoms with Gasteiger partial charge in [0.2, 0.25) is 0 Å². The Bertz CT molecular complexity index is 3170. The SMILES string of the molecule is CC1(C)c2cc(-n3c4ccccc4c4ccc5c(c6ccccc6n5-c5ccccc5)c43)ccc2C(=O)c2cc(-c3ccccc3)cc(-c3ccccc3)c21. The van der Waals surface area contributed by atoms with E-state index in [1.165, 1.54) is 32.6 Å². The van der Waals surface area contributed by atoms with Crippen molar-refractivity contribution in [3.8, 4) is 33.6 Å². The molecule has 11 rings (SSSR count). The van der Waals surface area contributed by atoms with Gasteiger partial charge >= 0.3 is 0 Å². The van der Waals surface area contributed by atoms with Crippen LogP contribution in [0.5, 0.6) is 0 Å². The summed E-state index contributed by atoms with van der Waals surface area (Å²) in [4.78, 5) is 14.8. The zero-order chi connectivity index (χ0) is 36.8. The Balaban J connectivity index is 1.20. The van der Waals surface area contributed by atoms with Crippen molar-refractivity contribution < 1.29 is 4.79 Å². The molecule has 2 heterocycles. The predicted molar refractivity (Wildman–Crippen MR) is 228 cm³/mol. The summed E-state index contributed by atoms with van der Waals surface area (Å²) in [6.07, 6.45) is 0. The number of hydrogen-bond acceptors (Lipinski definition) is 1. The summed E-state index contributed by atoms with van der Waals surface area (Å²) in [5.74, 6) is 0.0707. The molecule has 0 fully saturated rings. The molecule has 0 radical (unpaired) electrons. The Kier molecular flexibility index (Phi) is 6.75. The molecule has 1 aliphatic carbocycles. The number of ketones is 1. The van der Waals surface area contributed by atoms with Crippen molar-refractivity contribution in [3.63, 3.8) is 0 Å². The van der Waals surface area contributed by atoms with Crippen LogP contribution < -0.4 is 0 Å². The Morgan fingerprint density at radius 1 is 0.418 bits per heavy atom. The molecule has 260 valence electrons. The van der Waals surface area contributed by atoms with Crippen molar-refractivity contribution in [3.05, 3.63) is 204 Å². The third-order valence-electron chi connectivity index (χ3n) is 11.9. The fourth-order valence-electron chi connectivity index (χ4n) is 9.44. The average molecular weight is 705 g/mol. The van der Waals surface area contributed by atoms with Crippen LogP contribution in [0.25, 0.3) is 77.2 Å². The van der Waals surface area contributed by atoms with Crippen LogP contribution in [0.4, 0.5) is 0 Å². The summed E-state index contributed by atoms with van der Waals surface area (Å²) in [5.41, 5.74) is 14.3. The van der Waals surface area contributed by atoms with E-state index in [9.17, 15) is 4.79 Å². The van der Waals surface area contributed by atoms with Gasteiger partial charge in [-0.25, -0.2) is 0 Å². The molecular weight excluding hydrogens is 669 g/mol. The second kappa shape index (κ2) is 11.8. The van der Waals surface area contributed by atoms with Crippen LogP contribution in [0.15, 0.2) is 182 Å². The topological polar surface area (TPSA) is 26.9 Å². The van der Waals surface area contributed by atoms with Gasteiger partial charge in [0.15, 0.2) is 5.78 Å². The van der Waals surface area contributed by atoms with E-state index in [-0.39, 0.29) is 5.78 Å². The van der Waals surface area contributed by atoms with Crippen LogP contribution in [0.1, 0.15) is 40.9 Å². The molecule has 1 aliphatic rings. The molecule has 0 aliphatic heterocycles. The van der Waals surface area contributed by atoms with Crippen LogP contribution >= 0.6 is 0 Å². The number of benzene rings is 8. The first kappa shape index (κ1) is 31.5. The van der Waals surface area contributed by atoms with Gasteiger partial charge in [0.05, 0.1) is 22.1 Å². The van der Waals surface area contributed by atoms with Gasteiger partial charge in [-0.05, 0) is 94.0 Å². The summed E-state index contributed by atoms with van der Waals surface area (Å²) in [6.45, 7) is 4.57. The second-order valence-corrected chi connectivity index (χ2v) is 15.3. The molecule has 0 N–H and O–H groups in total. The molecule has 0 saturated heterocycles. The molecule has 0 unspecified atom stereocenters. The molecule has 10 aromatic rings. The number of rotatable bonds is 4. The van der Waals surface area contributed by atoms with Gasteiger partial charge < -0.3 is 9.13 Å². The van der Waals surface area contributed by atoms with Crippen molar-refractivity contribution >= 4 is 49.4 Å². The van der Waals surface area contributed by atoms with Crippen molar-refractivity contribution in [2.45, 2.75) is 19.3 Å². The highest BCUT2D eigenvalue weighted by Gasteiger charge is 2.39. The Morgan fingerprint density at radius 2 is 1.02 bits per heavy atom. The molecule has 55 heavy (non-hydrogen) atoms. The smallest absolute Gasteiger partial charge is 0.193 e. The van der Waals surface area contributed by atoms with Gasteiger partial charge in [-0.3, -0.25) is 4.79 Å². The normalized spacial score (nSPS) is 13.5. The van der Waals surface area contributed by atoms with Crippen LogP contribution in [-0.4, -0.2) is 14.9 Å². The minimum atomic E-state index is -0.480. The molecule has 3 heteroatoms. The fraction of sp³-hybridized carbons (Fsp3) is 0.0577. The number of nitrogens with zero attached hydrogens (tertiary/aromatic N) is 2. The highest BCUT2D eigenvalue weighted by molar-refractivity contribution is 6.26. The zero-order valence-electron chi connectivity index (χ0n) is 30.6. The minimum Gasteiger partial charge on any atom is -0.309 e. The molecule has 0 saturated carbocycles. The van der Waals surface area contributed by atoms with Gasteiger partial charge in [-0.15, -0.1) is 0 Å². The van der Waals surface area contributed by atoms with Gasteiger partial charge in [0, 0.05) is 49.5 Å². The lowest BCUT2D eigenvalue weighted by Gasteiger charge is -2.37. The minimum absolute atomic E-state index is 0.0707. The third-order valence-corrected chi connectivity index (χ3v) is 11.9. The van der Waals surface area contributed by atoms with E-state index in [2.05, 4.69) is 199 Å². The summed E-state index contributed by atoms with van der Waals surface area (Å²) in [7, 11) is 0. The zero-order valence-corrected chi connectivity index (χ0v) is 30.6. The van der Waals surface area contributed by atoms with E-state index in [0.29, 0.717) is 0 Å². The number of carbonyl (C=O) groups is 1. The fourth-order valence-corrected chi connectivity index (χ4v) is 9.44. The lowest BCUT2D eigenvalue weighted by atomic mass is 9.65. The molecule has 0 atom stereocenters. The maximum absolute atomic E-state index is 14.8. The molecule has 0 amide bonds. The van der Waals surface area contributed by atoms with E-state index in [0.717, 1.165) is 66.9 Å². The third kappa shape index (κ3) is 4.53. The second-order valence-electron chi connectivity index (χ2n) is 15.3. The molecule has 2 aromatic heterocycles. The highest BCUT2D eigenvalue weighted by atomic mass is 16.1. The number of aromatic nitrogens is 2. The summed E-state index contributed by atoms with van der Waals surface area (Å²) in [6, 6.07) is 64.5. The summed E-state index contributed by atoms with van der Waals surface area (Å²) < 4.78 is 4.81. The molecular formula is C52H36N2O. The van der Waals surface area contributed by atoms with Gasteiger partial charge in [0.25, 0.3) is 0 Å². The molecule has 0 spiro atoms. The van der Waals surface area contributed by atoms with Gasteiger partial charge in [0.1, 0.15) is 0 Å². The van der Waals surface area contributed by atoms with Crippen molar-refractivity contribution in [2.24, 2.45) is 0 Å². The summed E-state index contributed by atoms with van der Waals surface area (Å²) >= 11 is 0. The van der Waals surface area contributed by atoms with E-state index in [1.807, 2.05) is 6.07 Å². The highest BCUT2D eigenvalue weighted by Crippen LogP contribution is 2.49. The van der Waals surface area contributed by atoms with E-state index in [1.54, 1.807) is 0 Å². The first-order chi connectivity index (χ1) is 27.0. The quantitative estimate of drug-likeness (QED) is 0.179. The van der Waals surface area contributed by atoms with Crippen LogP contribution in [0.2, 0.25) is 0 Å². The van der Waals surface area contributed by atoms with E-state index >= 15 is 0 Å². The monoisotopic (exact) mass is 704 g/mol. The standard InChI is InChI=1S/C52H36N2O/c1-52(2)44-32-37(26-27-40(44)51(55)43-31-35(33-16-6-3-7-17-33)30-42(49(43)52)34-18-8-4-9-19-34)54-45-24-14-12-22-38(45)39-28-29-47-48(50(39)54)41-23-13-15-25-46(41)53(47)36-20-10-5-11-21-36/h3-32H,1-2H3. The van der Waals surface area contributed by atoms with E-state index in [4.69, 9.17) is 0 Å². The first-order valence-corrected chi connectivity index (χ1v) is 19.0. The van der Waals surface area contributed by atoms with E-state index < -0.39 is 5.41 Å². The Hall–Kier alpha value is -6.97. The van der Waals surface area contributed by atoms with Crippen LogP contribution in [0.3, 0.4) is 0 Å². The number of para-hydroxylation sites is 3. The predicted octanol–water partition coefficient (Wildman–Crippen LogP) is 13.1. The number of hydrogen-bond donors (Lipinski definition) is 0. The Labute approximate surface area is 319 Å². The molecule has 0 bridgehead atoms. The van der Waals surface area contributed by atoms with Gasteiger partial charge in [-0.1, -0.05) is 135 Å². The lowest BCUT2D eigenvalue weighted by molar-refractivity contribution is 0.103. The molecule has 3 nitrogen and oxygen atoms in total. The number of carbonyl (C=O) groups excluding carboxylic acids is 1. The largest absolute Gasteiger partial charge is 0.309 e. The van der Waals surface area contributed by atoms with Crippen LogP contribution in [-0.2, 0) is 5.41 Å². The Morgan fingerprint density at radius 3 is 1.75 bits per heavy atom. The lowest BCUT2D eigenvalue weighted by Crippen LogP contribution is -2.31. The maximum Gasteiger partial charge on any atom is 0.193 e. The first-order valence-electron chi connectivity index (χ1n) is 19.0. The number of fused-ring (bicyclic) bond motifs is 9. The van der Waals surface area contributed by atoms with Crippen molar-refractivity contribution in [1.29, 1.82) is 0 Å². The maximum atomic E-state index is 14.8. The van der Waals surface area contributed by atoms with Crippen molar-refractivity contribution in [2.75, 3.05) is 0 Å². The van der Waals surface area contributed by atoms with Crippen LogP contribution in [0, 0.1) is 0 Å². The average Bonchev–Trinajstić information content (AvgIpc) is 3.76. The van der Waals surface area contributed by atoms with Crippen molar-refractivity contribution in [1.82, 2.24) is 9.13 Å². The van der Waals surface area contributed by atoms with Gasteiger partial charge in [-0.2, -0.15) is 0 Å².